The van der Waals surface area contributed by atoms with Gasteiger partial charge in [-0.05, 0) is 197 Å². The van der Waals surface area contributed by atoms with E-state index in [9.17, 15) is 0 Å². The van der Waals surface area contributed by atoms with Crippen molar-refractivity contribution in [2.75, 3.05) is 0 Å². The third-order valence-corrected chi connectivity index (χ3v) is 10.2. The van der Waals surface area contributed by atoms with Gasteiger partial charge in [-0.3, -0.25) is 0 Å². The highest BCUT2D eigenvalue weighted by Crippen LogP contribution is 2.19. The summed E-state index contributed by atoms with van der Waals surface area (Å²) in [6.07, 6.45) is 44.6. The second-order valence-electron chi connectivity index (χ2n) is 16.4. The molecule has 0 aromatic rings. The molecule has 1 unspecified atom stereocenters. The molecule has 0 rings (SSSR count). The highest BCUT2D eigenvalue weighted by atomic mass is 14.2. The number of nitrogens with zero attached hydrogens (tertiary/aromatic N) is 1. The van der Waals surface area contributed by atoms with E-state index in [1.807, 2.05) is 0 Å². The molecule has 0 aliphatic heterocycles. The third kappa shape index (κ3) is 33.0. The van der Waals surface area contributed by atoms with Crippen LogP contribution in [-0.4, -0.2) is 0 Å². The fraction of sp³-hybridized carbons (Fsp3) is 0.627. The molecule has 0 N–H and O–H groups in total. The fourth-order valence-electron chi connectivity index (χ4n) is 6.30. The standard InChI is InChI=1S/C51H83N/c1-42(2)22-12-23-43(3)24-13-25-44(4)26-14-27-45(5)28-15-29-46(6)30-16-31-47(7)32-17-33-48(8)34-18-35-49(9)36-19-37-50(10)38-20-39-51(11)40-21-41-52/h22,24,26,28,30,32,34,36,38,51H,12-21,23,25,27,29,31,33,35,37,39-40H2,1-11H3. The predicted molar refractivity (Wildman–Crippen MR) is 237 cm³/mol. The van der Waals surface area contributed by atoms with Crippen molar-refractivity contribution in [1.29, 1.82) is 5.26 Å². The van der Waals surface area contributed by atoms with E-state index in [2.05, 4.69) is 137 Å². The molecule has 0 radical (unpaired) electrons. The maximum Gasteiger partial charge on any atom is 0.0621 e. The van der Waals surface area contributed by atoms with E-state index in [0.29, 0.717) is 12.3 Å². The SMILES string of the molecule is CC(C)=CCCC(C)=CCCC(C)=CCCC(C)=CCCC(C)=CCCC(C)=CCCC(C)=CCCC(C)=CCCC(C)=CCCC(C)CCC#N. The Morgan fingerprint density at radius 1 is 0.365 bits per heavy atom. The lowest BCUT2D eigenvalue weighted by Crippen LogP contribution is -1.93. The zero-order valence-electron chi connectivity index (χ0n) is 36.4. The van der Waals surface area contributed by atoms with Crippen LogP contribution in [-0.2, 0) is 0 Å². The first-order valence-electron chi connectivity index (χ1n) is 21.1. The molecule has 0 saturated heterocycles. The minimum absolute atomic E-state index is 0.649. The first kappa shape index (κ1) is 49.1. The number of nitriles is 1. The molecule has 1 atom stereocenters. The molecule has 0 fully saturated rings. The van der Waals surface area contributed by atoms with Crippen molar-refractivity contribution in [1.82, 2.24) is 0 Å². The van der Waals surface area contributed by atoms with Crippen LogP contribution in [0.4, 0.5) is 0 Å². The van der Waals surface area contributed by atoms with Crippen LogP contribution in [0.5, 0.6) is 0 Å². The highest BCUT2D eigenvalue weighted by molar-refractivity contribution is 5.10. The van der Waals surface area contributed by atoms with Crippen molar-refractivity contribution in [3.05, 3.63) is 105 Å². The number of hydrogen-bond acceptors (Lipinski definition) is 1. The van der Waals surface area contributed by atoms with Gasteiger partial charge in [0.2, 0.25) is 0 Å². The quantitative estimate of drug-likeness (QED) is 0.0709. The highest BCUT2D eigenvalue weighted by Gasteiger charge is 2.01. The summed E-state index contributed by atoms with van der Waals surface area (Å²) in [5.41, 5.74) is 13.6. The van der Waals surface area contributed by atoms with Gasteiger partial charge in [-0.25, -0.2) is 0 Å². The summed E-state index contributed by atoms with van der Waals surface area (Å²) in [4.78, 5) is 0. The minimum atomic E-state index is 0.649. The molecular formula is C51H83N. The van der Waals surface area contributed by atoms with Gasteiger partial charge < -0.3 is 0 Å². The van der Waals surface area contributed by atoms with E-state index in [1.165, 1.54) is 114 Å². The molecule has 0 bridgehead atoms. The molecule has 1 heteroatoms. The van der Waals surface area contributed by atoms with Gasteiger partial charge in [0.05, 0.1) is 6.07 Å². The monoisotopic (exact) mass is 710 g/mol. The van der Waals surface area contributed by atoms with Gasteiger partial charge in [-0.1, -0.05) is 112 Å². The summed E-state index contributed by atoms with van der Waals surface area (Å²) in [5.74, 6) is 0.649. The van der Waals surface area contributed by atoms with Gasteiger partial charge in [-0.2, -0.15) is 5.26 Å². The zero-order chi connectivity index (χ0) is 39.0. The Balaban J connectivity index is 4.23. The average Bonchev–Trinajstić information content (AvgIpc) is 3.07. The van der Waals surface area contributed by atoms with Gasteiger partial charge in [-0.15, -0.1) is 0 Å². The van der Waals surface area contributed by atoms with Gasteiger partial charge in [0, 0.05) is 6.42 Å². The maximum atomic E-state index is 8.74. The summed E-state index contributed by atoms with van der Waals surface area (Å²) < 4.78 is 0. The molecule has 0 heterocycles. The van der Waals surface area contributed by atoms with Crippen molar-refractivity contribution in [2.45, 2.75) is 205 Å². The lowest BCUT2D eigenvalue weighted by atomic mass is 9.99. The Morgan fingerprint density at radius 2 is 0.596 bits per heavy atom. The Bertz CT molecular complexity index is 1280. The van der Waals surface area contributed by atoms with Crippen molar-refractivity contribution in [3.63, 3.8) is 0 Å². The summed E-state index contributed by atoms with van der Waals surface area (Å²) in [5, 5.41) is 8.74. The molecule has 0 amide bonds. The molecule has 292 valence electrons. The normalized spacial score (nSPS) is 14.9. The van der Waals surface area contributed by atoms with Crippen LogP contribution >= 0.6 is 0 Å². The smallest absolute Gasteiger partial charge is 0.0621 e. The Hall–Kier alpha value is -2.85. The first-order chi connectivity index (χ1) is 24.8. The van der Waals surface area contributed by atoms with Crippen LogP contribution < -0.4 is 0 Å². The van der Waals surface area contributed by atoms with E-state index in [-0.39, 0.29) is 0 Å². The van der Waals surface area contributed by atoms with Gasteiger partial charge in [0.25, 0.3) is 0 Å². The van der Waals surface area contributed by atoms with Crippen molar-refractivity contribution < 1.29 is 0 Å². The summed E-state index contributed by atoms with van der Waals surface area (Å²) in [6, 6.07) is 2.26. The van der Waals surface area contributed by atoms with Crippen LogP contribution in [0, 0.1) is 17.2 Å². The van der Waals surface area contributed by atoms with E-state index >= 15 is 0 Å². The van der Waals surface area contributed by atoms with E-state index in [0.717, 1.165) is 57.8 Å². The Morgan fingerprint density at radius 3 is 0.827 bits per heavy atom. The number of rotatable bonds is 29. The fourth-order valence-corrected chi connectivity index (χ4v) is 6.30. The summed E-state index contributed by atoms with van der Waals surface area (Å²) in [7, 11) is 0. The third-order valence-electron chi connectivity index (χ3n) is 10.2. The van der Waals surface area contributed by atoms with Crippen LogP contribution in [0.25, 0.3) is 0 Å². The molecular weight excluding hydrogens is 627 g/mol. The van der Waals surface area contributed by atoms with E-state index in [1.54, 1.807) is 0 Å². The van der Waals surface area contributed by atoms with Crippen molar-refractivity contribution in [3.8, 4) is 6.07 Å². The minimum Gasteiger partial charge on any atom is -0.198 e. The van der Waals surface area contributed by atoms with E-state index in [4.69, 9.17) is 5.26 Å². The van der Waals surface area contributed by atoms with Crippen molar-refractivity contribution >= 4 is 0 Å². The van der Waals surface area contributed by atoms with Crippen LogP contribution in [0.1, 0.15) is 205 Å². The Labute approximate surface area is 325 Å². The number of hydrogen-bond donors (Lipinski definition) is 0. The molecule has 0 aromatic carbocycles. The summed E-state index contributed by atoms with van der Waals surface area (Å²) >= 11 is 0. The largest absolute Gasteiger partial charge is 0.198 e. The second-order valence-corrected chi connectivity index (χ2v) is 16.4. The topological polar surface area (TPSA) is 23.8 Å². The molecule has 0 aliphatic rings. The zero-order valence-corrected chi connectivity index (χ0v) is 36.4. The lowest BCUT2D eigenvalue weighted by molar-refractivity contribution is 0.503. The van der Waals surface area contributed by atoms with Gasteiger partial charge in [0.15, 0.2) is 0 Å². The Kier molecular flexibility index (Phi) is 31.0. The van der Waals surface area contributed by atoms with Gasteiger partial charge in [0.1, 0.15) is 0 Å². The van der Waals surface area contributed by atoms with Crippen LogP contribution in [0.15, 0.2) is 105 Å². The summed E-state index contributed by atoms with van der Waals surface area (Å²) in [6.45, 7) is 25.0. The maximum absolute atomic E-state index is 8.74. The van der Waals surface area contributed by atoms with E-state index < -0.39 is 0 Å². The lowest BCUT2D eigenvalue weighted by Gasteiger charge is -2.07. The average molecular weight is 710 g/mol. The number of allylic oxidation sites excluding steroid dienone is 18. The molecule has 0 aliphatic carbocycles. The van der Waals surface area contributed by atoms with Gasteiger partial charge >= 0.3 is 0 Å². The van der Waals surface area contributed by atoms with Crippen molar-refractivity contribution in [2.24, 2.45) is 5.92 Å². The molecule has 0 spiro atoms. The molecule has 1 nitrogen and oxygen atoms in total. The van der Waals surface area contributed by atoms with Crippen LogP contribution in [0.3, 0.4) is 0 Å². The van der Waals surface area contributed by atoms with Crippen LogP contribution in [0.2, 0.25) is 0 Å². The molecule has 0 saturated carbocycles. The molecule has 0 aromatic heterocycles. The predicted octanol–water partition coefficient (Wildman–Crippen LogP) is 17.5. The second kappa shape index (κ2) is 32.8. The molecule has 52 heavy (non-hydrogen) atoms. The first-order valence-corrected chi connectivity index (χ1v) is 21.1.